The molecule has 2 unspecified atom stereocenters. The number of piperidine rings is 2. The molecule has 4 heterocycles. The fourth-order valence-corrected chi connectivity index (χ4v) is 7.03. The Morgan fingerprint density at radius 2 is 1.12 bits per heavy atom. The Balaban J connectivity index is 0.000000162. The monoisotopic (exact) mass is 726 g/mol. The molecule has 2 aliphatic heterocycles. The lowest BCUT2D eigenvalue weighted by atomic mass is 10.0. The first-order valence-electron chi connectivity index (χ1n) is 17.7. The molecule has 2 aliphatic rings. The normalized spacial score (nSPS) is 17.6. The molecular formula is C40H44ClFN6O4. The van der Waals surface area contributed by atoms with Gasteiger partial charge in [0.25, 0.3) is 0 Å². The van der Waals surface area contributed by atoms with E-state index in [4.69, 9.17) is 26.1 Å². The fourth-order valence-electron chi connectivity index (χ4n) is 6.87. The Bertz CT molecular complexity index is 1890. The van der Waals surface area contributed by atoms with Crippen LogP contribution in [0.1, 0.15) is 60.7 Å². The number of ether oxygens (including phenoxy) is 2. The van der Waals surface area contributed by atoms with Crippen molar-refractivity contribution in [1.82, 2.24) is 29.7 Å². The van der Waals surface area contributed by atoms with Gasteiger partial charge in [-0.15, -0.1) is 0 Å². The highest BCUT2D eigenvalue weighted by Crippen LogP contribution is 2.37. The number of halogens is 2. The third kappa shape index (κ3) is 8.40. The highest BCUT2D eigenvalue weighted by atomic mass is 35.5. The van der Waals surface area contributed by atoms with E-state index in [0.29, 0.717) is 27.8 Å². The number of likely N-dealkylation sites (tertiary alicyclic amines) is 2. The first-order chi connectivity index (χ1) is 25.2. The number of para-hydroxylation sites is 4. The van der Waals surface area contributed by atoms with Gasteiger partial charge < -0.3 is 39.5 Å². The first-order valence-corrected chi connectivity index (χ1v) is 18.1. The third-order valence-electron chi connectivity index (χ3n) is 9.85. The van der Waals surface area contributed by atoms with Gasteiger partial charge in [0, 0.05) is 48.4 Å². The number of benzene rings is 4. The van der Waals surface area contributed by atoms with Crippen LogP contribution in [0.15, 0.2) is 84.9 Å². The lowest BCUT2D eigenvalue weighted by Gasteiger charge is -2.31. The number of nitrogens with zero attached hydrogens (tertiary/aromatic N) is 4. The zero-order chi connectivity index (χ0) is 36.2. The second-order valence-electron chi connectivity index (χ2n) is 13.7. The molecule has 2 fully saturated rings. The second kappa shape index (κ2) is 16.0. The van der Waals surface area contributed by atoms with E-state index in [2.05, 4.69) is 38.8 Å². The third-order valence-corrected chi connectivity index (χ3v) is 10.1. The van der Waals surface area contributed by atoms with E-state index in [1.807, 2.05) is 54.6 Å². The quantitative estimate of drug-likeness (QED) is 0.126. The van der Waals surface area contributed by atoms with Crippen LogP contribution in [0.4, 0.5) is 4.39 Å². The Labute approximate surface area is 307 Å². The molecule has 2 aromatic heterocycles. The van der Waals surface area contributed by atoms with Crippen molar-refractivity contribution in [2.45, 2.75) is 50.1 Å². The Morgan fingerprint density at radius 3 is 1.56 bits per heavy atom. The van der Waals surface area contributed by atoms with Gasteiger partial charge in [0.05, 0.1) is 34.3 Å². The molecule has 0 saturated carbocycles. The number of fused-ring (bicyclic) bond motifs is 2. The van der Waals surface area contributed by atoms with E-state index in [0.717, 1.165) is 80.0 Å². The number of phenolic OH excluding ortho intramolecular Hbond substituents is 2. The second-order valence-corrected chi connectivity index (χ2v) is 14.2. The standard InChI is InChI=1S/C20H22ClN3O2.C20H22FN3O2/c2*1-24-10-8-14(9-11-24)26-19(15-7-6-13(21)12-18(15)25)20-22-16-4-2-3-5-17(16)23-20/h2*2-7,12,14,19,25H,8-11H2,1H3,(H,22,23). The zero-order valence-electron chi connectivity index (χ0n) is 29.3. The van der Waals surface area contributed by atoms with Crippen molar-refractivity contribution in [2.24, 2.45) is 0 Å². The number of aromatic hydroxyl groups is 2. The van der Waals surface area contributed by atoms with Gasteiger partial charge >= 0.3 is 0 Å². The molecule has 0 bridgehead atoms. The highest BCUT2D eigenvalue weighted by Gasteiger charge is 2.29. The largest absolute Gasteiger partial charge is 0.508 e. The van der Waals surface area contributed by atoms with Crippen LogP contribution < -0.4 is 0 Å². The molecule has 4 aromatic carbocycles. The average molecular weight is 727 g/mol. The van der Waals surface area contributed by atoms with E-state index < -0.39 is 18.0 Å². The zero-order valence-corrected chi connectivity index (χ0v) is 30.1. The van der Waals surface area contributed by atoms with Gasteiger partial charge in [-0.1, -0.05) is 41.9 Å². The van der Waals surface area contributed by atoms with E-state index in [1.165, 1.54) is 6.07 Å². The molecule has 52 heavy (non-hydrogen) atoms. The lowest BCUT2D eigenvalue weighted by molar-refractivity contribution is -0.0272. The summed E-state index contributed by atoms with van der Waals surface area (Å²) in [5.41, 5.74) is 4.76. The minimum Gasteiger partial charge on any atom is -0.508 e. The molecule has 272 valence electrons. The maximum atomic E-state index is 13.5. The van der Waals surface area contributed by atoms with Crippen LogP contribution in [-0.2, 0) is 9.47 Å². The van der Waals surface area contributed by atoms with Crippen molar-refractivity contribution in [2.75, 3.05) is 40.3 Å². The predicted molar refractivity (Wildman–Crippen MR) is 200 cm³/mol. The van der Waals surface area contributed by atoms with Gasteiger partial charge in [-0.3, -0.25) is 0 Å². The number of hydrogen-bond donors (Lipinski definition) is 4. The number of imidazole rings is 2. The molecular weight excluding hydrogens is 683 g/mol. The Morgan fingerprint density at radius 1 is 0.673 bits per heavy atom. The number of rotatable bonds is 8. The SMILES string of the molecule is CN1CCC(OC(c2nc3ccccc3[nH]2)c2ccc(Cl)cc2O)CC1.CN1CCC(OC(c2nc3ccccc3[nH]2)c2ccc(F)cc2O)CC1. The minimum absolute atomic E-state index is 0.0638. The van der Waals surface area contributed by atoms with Crippen molar-refractivity contribution >= 4 is 33.7 Å². The Kier molecular flexibility index (Phi) is 11.0. The van der Waals surface area contributed by atoms with Crippen LogP contribution in [-0.4, -0.2) is 92.4 Å². The summed E-state index contributed by atoms with van der Waals surface area (Å²) in [6, 6.07) is 24.7. The van der Waals surface area contributed by atoms with Crippen LogP contribution in [0.2, 0.25) is 5.02 Å². The summed E-state index contributed by atoms with van der Waals surface area (Å²) in [4.78, 5) is 20.5. The number of aromatic nitrogens is 4. The molecule has 2 atom stereocenters. The van der Waals surface area contributed by atoms with Crippen molar-refractivity contribution in [3.63, 3.8) is 0 Å². The fraction of sp³-hybridized carbons (Fsp3) is 0.350. The van der Waals surface area contributed by atoms with Gasteiger partial charge in [-0.25, -0.2) is 14.4 Å². The van der Waals surface area contributed by atoms with Crippen LogP contribution in [0, 0.1) is 5.82 Å². The minimum atomic E-state index is -0.573. The van der Waals surface area contributed by atoms with Crippen molar-refractivity contribution in [3.05, 3.63) is 119 Å². The maximum absolute atomic E-state index is 13.5. The molecule has 10 nitrogen and oxygen atoms in total. The van der Waals surface area contributed by atoms with E-state index >= 15 is 0 Å². The van der Waals surface area contributed by atoms with Gasteiger partial charge in [0.2, 0.25) is 0 Å². The maximum Gasteiger partial charge on any atom is 0.144 e. The summed E-state index contributed by atoms with van der Waals surface area (Å²) in [6.45, 7) is 3.94. The summed E-state index contributed by atoms with van der Waals surface area (Å²) in [5, 5.41) is 21.2. The molecule has 8 rings (SSSR count). The molecule has 0 aliphatic carbocycles. The van der Waals surface area contributed by atoms with Crippen LogP contribution >= 0.6 is 11.6 Å². The van der Waals surface area contributed by atoms with Crippen molar-refractivity contribution < 1.29 is 24.1 Å². The highest BCUT2D eigenvalue weighted by molar-refractivity contribution is 6.30. The number of phenols is 2. The van der Waals surface area contributed by atoms with Crippen molar-refractivity contribution in [3.8, 4) is 11.5 Å². The Hall–Kier alpha value is -4.52. The van der Waals surface area contributed by atoms with Gasteiger partial charge in [0.15, 0.2) is 0 Å². The van der Waals surface area contributed by atoms with Crippen LogP contribution in [0.3, 0.4) is 0 Å². The summed E-state index contributed by atoms with van der Waals surface area (Å²) in [6.07, 6.45) is 2.89. The smallest absolute Gasteiger partial charge is 0.144 e. The molecule has 6 aromatic rings. The lowest BCUT2D eigenvalue weighted by Crippen LogP contribution is -2.35. The molecule has 2 saturated heterocycles. The van der Waals surface area contributed by atoms with Gasteiger partial charge in [-0.2, -0.15) is 0 Å². The molecule has 4 N–H and O–H groups in total. The van der Waals surface area contributed by atoms with Crippen molar-refractivity contribution in [1.29, 1.82) is 0 Å². The number of aromatic amines is 2. The summed E-state index contributed by atoms with van der Waals surface area (Å²) >= 11 is 6.01. The number of hydrogen-bond acceptors (Lipinski definition) is 8. The van der Waals surface area contributed by atoms with E-state index in [1.54, 1.807) is 18.2 Å². The van der Waals surface area contributed by atoms with E-state index in [9.17, 15) is 14.6 Å². The molecule has 0 spiro atoms. The van der Waals surface area contributed by atoms with Gasteiger partial charge in [-0.05, 0) is 88.3 Å². The summed E-state index contributed by atoms with van der Waals surface area (Å²) < 4.78 is 26.3. The molecule has 0 amide bonds. The number of H-pyrrole nitrogens is 2. The number of nitrogens with one attached hydrogen (secondary N) is 2. The summed E-state index contributed by atoms with van der Waals surface area (Å²) in [5.74, 6) is 0.836. The average Bonchev–Trinajstić information content (AvgIpc) is 3.77. The van der Waals surface area contributed by atoms with Crippen LogP contribution in [0.25, 0.3) is 22.1 Å². The molecule has 0 radical (unpaired) electrons. The topological polar surface area (TPSA) is 123 Å². The first kappa shape index (κ1) is 35.9. The molecule has 12 heteroatoms. The van der Waals surface area contributed by atoms with Gasteiger partial charge in [0.1, 0.15) is 41.2 Å². The van der Waals surface area contributed by atoms with E-state index in [-0.39, 0.29) is 23.7 Å². The summed E-state index contributed by atoms with van der Waals surface area (Å²) in [7, 11) is 4.22. The predicted octanol–water partition coefficient (Wildman–Crippen LogP) is 7.73. The van der Waals surface area contributed by atoms with Crippen LogP contribution in [0.5, 0.6) is 11.5 Å².